The molecule has 7 heteroatoms. The summed E-state index contributed by atoms with van der Waals surface area (Å²) in [6.07, 6.45) is 0. The zero-order valence-corrected chi connectivity index (χ0v) is 41.6. The van der Waals surface area contributed by atoms with E-state index >= 15 is 0 Å². The lowest BCUT2D eigenvalue weighted by atomic mass is 9.33. The molecule has 15 rings (SSSR count). The minimum atomic E-state index is -0.160. The molecule has 0 atom stereocenters. The van der Waals surface area contributed by atoms with Crippen LogP contribution in [0.2, 0.25) is 0 Å². The lowest BCUT2D eigenvalue weighted by Gasteiger charge is -2.45. The molecule has 0 bridgehead atoms. The summed E-state index contributed by atoms with van der Waals surface area (Å²) in [5, 5.41) is 4.49. The van der Waals surface area contributed by atoms with E-state index in [0.717, 1.165) is 134 Å². The van der Waals surface area contributed by atoms with Crippen LogP contribution >= 0.6 is 0 Å². The lowest BCUT2D eigenvalue weighted by molar-refractivity contribution is 0.172. The monoisotopic (exact) mass is 956 g/mol. The standard InChI is InChI=1S/C67H49BN2O4/c1-40-34-57-64-58(35-40)70(55-30-23-46(67(2,3)4)39-52(55)42-12-6-5-7-13-42)65-53(28-31-61-66(65)72-33-32-71-61)68(64)54-36-43(45-21-27-51-49-15-9-11-17-60(49)74-63(51)38-45)22-29-56(54)69(57)47-24-18-41(19-25-47)44-20-26-50-48-14-8-10-16-59(48)73-62(50)37-44/h5-31,34-39H,32-33H2,1-4H3. The molecule has 2 aromatic heterocycles. The van der Waals surface area contributed by atoms with E-state index in [2.05, 4.69) is 213 Å². The van der Waals surface area contributed by atoms with Gasteiger partial charge in [0, 0.05) is 49.9 Å². The maximum atomic E-state index is 6.81. The highest BCUT2D eigenvalue weighted by molar-refractivity contribution is 7.00. The molecule has 0 aliphatic carbocycles. The van der Waals surface area contributed by atoms with Gasteiger partial charge in [-0.05, 0) is 153 Å². The van der Waals surface area contributed by atoms with Gasteiger partial charge in [0.2, 0.25) is 0 Å². The normalized spacial score (nSPS) is 13.7. The van der Waals surface area contributed by atoms with Gasteiger partial charge in [0.05, 0.1) is 11.4 Å². The van der Waals surface area contributed by atoms with E-state index in [1.165, 1.54) is 16.5 Å². The second-order valence-corrected chi connectivity index (χ2v) is 21.1. The Morgan fingerprint density at radius 1 is 0.432 bits per heavy atom. The fourth-order valence-corrected chi connectivity index (χ4v) is 12.1. The summed E-state index contributed by atoms with van der Waals surface area (Å²) in [6, 6.07) is 72.8. The number of benzene rings is 10. The van der Waals surface area contributed by atoms with Crippen LogP contribution in [-0.4, -0.2) is 19.9 Å². The minimum absolute atomic E-state index is 0.0713. The lowest BCUT2D eigenvalue weighted by Crippen LogP contribution is -2.61. The second kappa shape index (κ2) is 16.0. The summed E-state index contributed by atoms with van der Waals surface area (Å²) in [5.41, 5.74) is 22.8. The molecule has 0 N–H and O–H groups in total. The Morgan fingerprint density at radius 2 is 1.01 bits per heavy atom. The highest BCUT2D eigenvalue weighted by Crippen LogP contribution is 2.52. The van der Waals surface area contributed by atoms with E-state index in [-0.39, 0.29) is 12.1 Å². The number of hydrogen-bond donors (Lipinski definition) is 0. The first kappa shape index (κ1) is 42.7. The third kappa shape index (κ3) is 6.52. The number of aryl methyl sites for hydroxylation is 1. The number of para-hydroxylation sites is 2. The van der Waals surface area contributed by atoms with E-state index in [0.29, 0.717) is 13.2 Å². The summed E-state index contributed by atoms with van der Waals surface area (Å²) in [7, 11) is 0. The van der Waals surface area contributed by atoms with Gasteiger partial charge < -0.3 is 28.1 Å². The number of rotatable bonds is 5. The van der Waals surface area contributed by atoms with Crippen molar-refractivity contribution in [2.24, 2.45) is 0 Å². The van der Waals surface area contributed by atoms with Crippen LogP contribution < -0.4 is 35.7 Å². The Kier molecular flexibility index (Phi) is 9.26. The van der Waals surface area contributed by atoms with Crippen molar-refractivity contribution in [2.75, 3.05) is 23.0 Å². The zero-order chi connectivity index (χ0) is 49.4. The van der Waals surface area contributed by atoms with E-state index in [9.17, 15) is 0 Å². The van der Waals surface area contributed by atoms with Gasteiger partial charge in [-0.15, -0.1) is 0 Å². The summed E-state index contributed by atoms with van der Waals surface area (Å²) >= 11 is 0. The molecule has 0 saturated heterocycles. The second-order valence-electron chi connectivity index (χ2n) is 21.1. The maximum Gasteiger partial charge on any atom is 0.252 e. The molecule has 0 fully saturated rings. The molecular formula is C67H49BN2O4. The smallest absolute Gasteiger partial charge is 0.252 e. The Hall–Kier alpha value is -8.94. The van der Waals surface area contributed by atoms with Crippen molar-refractivity contribution in [1.82, 2.24) is 0 Å². The van der Waals surface area contributed by atoms with Crippen LogP contribution in [0.1, 0.15) is 31.9 Å². The van der Waals surface area contributed by atoms with E-state index < -0.39 is 0 Å². The van der Waals surface area contributed by atoms with Gasteiger partial charge in [0.1, 0.15) is 35.5 Å². The predicted molar refractivity (Wildman–Crippen MR) is 306 cm³/mol. The molecule has 10 aromatic carbocycles. The Balaban J connectivity index is 0.969. The van der Waals surface area contributed by atoms with Crippen molar-refractivity contribution in [3.8, 4) is 44.9 Å². The Bertz CT molecular complexity index is 4280. The summed E-state index contributed by atoms with van der Waals surface area (Å²) in [4.78, 5) is 4.97. The molecule has 0 amide bonds. The average molecular weight is 957 g/mol. The fraction of sp³-hybridized carbons (Fsp3) is 0.104. The summed E-state index contributed by atoms with van der Waals surface area (Å²) in [6.45, 7) is 9.89. The van der Waals surface area contributed by atoms with Crippen molar-refractivity contribution in [3.63, 3.8) is 0 Å². The minimum Gasteiger partial charge on any atom is -0.486 e. The molecule has 0 unspecified atom stereocenters. The van der Waals surface area contributed by atoms with Gasteiger partial charge in [-0.25, -0.2) is 0 Å². The molecule has 6 nitrogen and oxygen atoms in total. The van der Waals surface area contributed by atoms with E-state index in [1.807, 2.05) is 24.3 Å². The van der Waals surface area contributed by atoms with Crippen LogP contribution in [-0.2, 0) is 5.41 Å². The highest BCUT2D eigenvalue weighted by Gasteiger charge is 2.46. The third-order valence-corrected chi connectivity index (χ3v) is 15.6. The topological polar surface area (TPSA) is 51.2 Å². The fourth-order valence-electron chi connectivity index (χ4n) is 12.1. The van der Waals surface area contributed by atoms with Crippen LogP contribution in [0, 0.1) is 6.92 Å². The van der Waals surface area contributed by atoms with Crippen LogP contribution in [0.25, 0.3) is 77.3 Å². The van der Waals surface area contributed by atoms with Gasteiger partial charge in [-0.2, -0.15) is 0 Å². The van der Waals surface area contributed by atoms with E-state index in [1.54, 1.807) is 0 Å². The molecular weight excluding hydrogens is 908 g/mol. The number of fused-ring (bicyclic) bond motifs is 12. The Labute approximate surface area is 429 Å². The van der Waals surface area contributed by atoms with Gasteiger partial charge >= 0.3 is 0 Å². The van der Waals surface area contributed by atoms with Crippen LogP contribution in [0.5, 0.6) is 11.5 Å². The molecule has 12 aromatic rings. The molecule has 0 spiro atoms. The number of furan rings is 2. The van der Waals surface area contributed by atoms with Gasteiger partial charge in [-0.3, -0.25) is 0 Å². The van der Waals surface area contributed by atoms with Gasteiger partial charge in [-0.1, -0.05) is 136 Å². The van der Waals surface area contributed by atoms with Crippen LogP contribution in [0.4, 0.5) is 34.1 Å². The SMILES string of the molecule is Cc1cc2c3c(c1)N(c1ccc(C(C)(C)C)cc1-c1ccccc1)c1c(ccc4c1OCCO4)B3c1cc(-c3ccc4c(c3)oc3ccccc34)ccc1N2c1ccc(-c2ccc3c(c2)oc2ccccc23)cc1. The molecule has 354 valence electrons. The first-order valence-electron chi connectivity index (χ1n) is 25.7. The van der Waals surface area contributed by atoms with Crippen molar-refractivity contribution in [2.45, 2.75) is 33.1 Å². The van der Waals surface area contributed by atoms with E-state index in [4.69, 9.17) is 18.3 Å². The predicted octanol–water partition coefficient (Wildman–Crippen LogP) is 15.9. The molecule has 3 aliphatic heterocycles. The number of anilines is 6. The third-order valence-electron chi connectivity index (χ3n) is 15.6. The maximum absolute atomic E-state index is 6.81. The number of ether oxygens (including phenoxy) is 2. The molecule has 3 aliphatic rings. The molecule has 0 saturated carbocycles. The van der Waals surface area contributed by atoms with Crippen molar-refractivity contribution >= 4 is 101 Å². The largest absolute Gasteiger partial charge is 0.486 e. The van der Waals surface area contributed by atoms with Gasteiger partial charge in [0.15, 0.2) is 11.5 Å². The zero-order valence-electron chi connectivity index (χ0n) is 41.6. The number of nitrogens with zero attached hydrogens (tertiary/aromatic N) is 2. The quantitative estimate of drug-likeness (QED) is 0.160. The molecule has 74 heavy (non-hydrogen) atoms. The van der Waals surface area contributed by atoms with Crippen molar-refractivity contribution < 1.29 is 18.3 Å². The summed E-state index contributed by atoms with van der Waals surface area (Å²) < 4.78 is 26.1. The molecule has 5 heterocycles. The van der Waals surface area contributed by atoms with Crippen molar-refractivity contribution in [1.29, 1.82) is 0 Å². The van der Waals surface area contributed by atoms with Crippen LogP contribution in [0.15, 0.2) is 209 Å². The Morgan fingerprint density at radius 3 is 1.72 bits per heavy atom. The highest BCUT2D eigenvalue weighted by atomic mass is 16.6. The van der Waals surface area contributed by atoms with Crippen LogP contribution in [0.3, 0.4) is 0 Å². The van der Waals surface area contributed by atoms with Gasteiger partial charge in [0.25, 0.3) is 6.71 Å². The summed E-state index contributed by atoms with van der Waals surface area (Å²) in [5.74, 6) is 1.53. The number of hydrogen-bond acceptors (Lipinski definition) is 6. The average Bonchev–Trinajstić information content (AvgIpc) is 4.04. The molecule has 0 radical (unpaired) electrons. The van der Waals surface area contributed by atoms with Crippen molar-refractivity contribution in [3.05, 3.63) is 211 Å². The first-order valence-corrected chi connectivity index (χ1v) is 25.7. The first-order chi connectivity index (χ1) is 36.2.